The maximum Gasteiger partial charge on any atom is 0.232 e. The molecule has 126 valence electrons. The van der Waals surface area contributed by atoms with Gasteiger partial charge in [-0.25, -0.2) is 0 Å². The molecule has 0 N–H and O–H groups in total. The summed E-state index contributed by atoms with van der Waals surface area (Å²) in [4.78, 5) is 0. The molecule has 0 radical (unpaired) electrons. The molecule has 0 aliphatic carbocycles. The molecular weight excluding hydrogens is 284 g/mol. The SMILES string of the molecule is CC(CCC(C)Cc1ccccc1)COc1ccn(C(C)C)n1. The second-order valence-electron chi connectivity index (χ2n) is 7.02. The third-order valence-corrected chi connectivity index (χ3v) is 4.21. The molecule has 3 nitrogen and oxygen atoms in total. The second-order valence-corrected chi connectivity index (χ2v) is 7.02. The smallest absolute Gasteiger partial charge is 0.232 e. The predicted molar refractivity (Wildman–Crippen MR) is 95.8 cm³/mol. The molecule has 0 aliphatic rings. The first kappa shape index (κ1) is 17.6. The Kier molecular flexibility index (Phi) is 6.69. The molecule has 0 fully saturated rings. The van der Waals surface area contributed by atoms with Crippen LogP contribution in [0.25, 0.3) is 0 Å². The molecule has 3 heteroatoms. The Labute approximate surface area is 140 Å². The fourth-order valence-electron chi connectivity index (χ4n) is 2.68. The molecule has 0 spiro atoms. The quantitative estimate of drug-likeness (QED) is 0.641. The van der Waals surface area contributed by atoms with Gasteiger partial charge in [-0.2, -0.15) is 0 Å². The lowest BCUT2D eigenvalue weighted by Gasteiger charge is -2.16. The van der Waals surface area contributed by atoms with Gasteiger partial charge in [-0.15, -0.1) is 5.10 Å². The average molecular weight is 314 g/mol. The number of rotatable bonds is 9. The van der Waals surface area contributed by atoms with Gasteiger partial charge in [0.25, 0.3) is 0 Å². The zero-order chi connectivity index (χ0) is 16.7. The van der Waals surface area contributed by atoms with Crippen LogP contribution in [0.2, 0.25) is 0 Å². The highest BCUT2D eigenvalue weighted by atomic mass is 16.5. The summed E-state index contributed by atoms with van der Waals surface area (Å²) in [6.07, 6.45) is 5.57. The Morgan fingerprint density at radius 2 is 1.65 bits per heavy atom. The number of hydrogen-bond donors (Lipinski definition) is 0. The van der Waals surface area contributed by atoms with Crippen LogP contribution in [0.4, 0.5) is 0 Å². The molecule has 1 heterocycles. The molecule has 0 saturated heterocycles. The van der Waals surface area contributed by atoms with E-state index in [0.29, 0.717) is 17.9 Å². The van der Waals surface area contributed by atoms with Gasteiger partial charge in [0.2, 0.25) is 5.88 Å². The first-order valence-corrected chi connectivity index (χ1v) is 8.76. The molecule has 2 unspecified atom stereocenters. The minimum atomic E-state index is 0.378. The van der Waals surface area contributed by atoms with Gasteiger partial charge in [0.15, 0.2) is 0 Å². The van der Waals surface area contributed by atoms with E-state index in [1.807, 2.05) is 16.9 Å². The molecule has 2 rings (SSSR count). The minimum Gasteiger partial charge on any atom is -0.476 e. The van der Waals surface area contributed by atoms with Crippen molar-refractivity contribution in [3.05, 3.63) is 48.2 Å². The largest absolute Gasteiger partial charge is 0.476 e. The topological polar surface area (TPSA) is 27.1 Å². The molecule has 1 aromatic carbocycles. The molecule has 2 aromatic rings. The number of nitrogens with zero attached hydrogens (tertiary/aromatic N) is 2. The molecule has 23 heavy (non-hydrogen) atoms. The number of hydrogen-bond acceptors (Lipinski definition) is 2. The third-order valence-electron chi connectivity index (χ3n) is 4.21. The van der Waals surface area contributed by atoms with Crippen molar-refractivity contribution >= 4 is 0 Å². The van der Waals surface area contributed by atoms with Crippen LogP contribution >= 0.6 is 0 Å². The molecule has 0 amide bonds. The van der Waals surface area contributed by atoms with Crippen molar-refractivity contribution in [2.45, 2.75) is 53.0 Å². The summed E-state index contributed by atoms with van der Waals surface area (Å²) >= 11 is 0. The lowest BCUT2D eigenvalue weighted by atomic mass is 9.93. The van der Waals surface area contributed by atoms with Crippen LogP contribution in [0.3, 0.4) is 0 Å². The van der Waals surface area contributed by atoms with Crippen LogP contribution in [0.1, 0.15) is 52.1 Å². The van der Waals surface area contributed by atoms with Gasteiger partial charge in [-0.3, -0.25) is 4.68 Å². The van der Waals surface area contributed by atoms with Crippen molar-refractivity contribution in [2.24, 2.45) is 11.8 Å². The van der Waals surface area contributed by atoms with Gasteiger partial charge in [0, 0.05) is 18.3 Å². The Morgan fingerprint density at radius 3 is 2.30 bits per heavy atom. The summed E-state index contributed by atoms with van der Waals surface area (Å²) in [7, 11) is 0. The van der Waals surface area contributed by atoms with Crippen molar-refractivity contribution in [3.63, 3.8) is 0 Å². The first-order valence-electron chi connectivity index (χ1n) is 8.76. The van der Waals surface area contributed by atoms with Crippen LogP contribution in [-0.2, 0) is 6.42 Å². The van der Waals surface area contributed by atoms with E-state index in [1.165, 1.54) is 18.4 Å². The van der Waals surface area contributed by atoms with Crippen molar-refractivity contribution in [1.29, 1.82) is 0 Å². The predicted octanol–water partition coefficient (Wildman–Crippen LogP) is 5.14. The van der Waals surface area contributed by atoms with Gasteiger partial charge >= 0.3 is 0 Å². The normalized spacial score (nSPS) is 14.0. The Bertz CT molecular complexity index is 562. The zero-order valence-electron chi connectivity index (χ0n) is 14.9. The average Bonchev–Trinajstić information content (AvgIpc) is 3.01. The molecule has 0 saturated carbocycles. The van der Waals surface area contributed by atoms with E-state index in [1.54, 1.807) is 0 Å². The van der Waals surface area contributed by atoms with E-state index in [0.717, 1.165) is 18.9 Å². The zero-order valence-corrected chi connectivity index (χ0v) is 14.9. The maximum absolute atomic E-state index is 5.82. The summed E-state index contributed by atoms with van der Waals surface area (Å²) in [5.41, 5.74) is 1.43. The summed E-state index contributed by atoms with van der Waals surface area (Å²) in [5, 5.41) is 4.43. The summed E-state index contributed by atoms with van der Waals surface area (Å²) < 4.78 is 7.75. The number of ether oxygens (including phenoxy) is 1. The van der Waals surface area contributed by atoms with E-state index in [9.17, 15) is 0 Å². The van der Waals surface area contributed by atoms with Crippen LogP contribution < -0.4 is 4.74 Å². The second kappa shape index (κ2) is 8.76. The highest BCUT2D eigenvalue weighted by Gasteiger charge is 2.10. The fraction of sp³-hybridized carbons (Fsp3) is 0.550. The summed E-state index contributed by atoms with van der Waals surface area (Å²) in [6, 6.07) is 13.1. The van der Waals surface area contributed by atoms with Gasteiger partial charge in [-0.05, 0) is 44.1 Å². The summed E-state index contributed by atoms with van der Waals surface area (Å²) in [5.74, 6) is 2.00. The Morgan fingerprint density at radius 1 is 0.957 bits per heavy atom. The standard InChI is InChI=1S/C20H30N2O/c1-16(2)22-13-12-20(21-22)23-15-18(4)11-10-17(3)14-19-8-6-5-7-9-19/h5-9,12-13,16-18H,10-11,14-15H2,1-4H3. The number of benzene rings is 1. The van der Waals surface area contributed by atoms with E-state index in [4.69, 9.17) is 4.74 Å². The van der Waals surface area contributed by atoms with E-state index in [-0.39, 0.29) is 0 Å². The van der Waals surface area contributed by atoms with Crippen LogP contribution in [0.15, 0.2) is 42.6 Å². The van der Waals surface area contributed by atoms with E-state index in [2.05, 4.69) is 63.1 Å². The van der Waals surface area contributed by atoms with E-state index >= 15 is 0 Å². The van der Waals surface area contributed by atoms with Gasteiger partial charge in [-0.1, -0.05) is 50.6 Å². The van der Waals surface area contributed by atoms with Crippen LogP contribution in [-0.4, -0.2) is 16.4 Å². The molecule has 0 bridgehead atoms. The highest BCUT2D eigenvalue weighted by molar-refractivity contribution is 5.15. The van der Waals surface area contributed by atoms with Gasteiger partial charge < -0.3 is 4.74 Å². The molecule has 1 aromatic heterocycles. The van der Waals surface area contributed by atoms with Crippen LogP contribution in [0, 0.1) is 11.8 Å². The van der Waals surface area contributed by atoms with Crippen molar-refractivity contribution < 1.29 is 4.74 Å². The van der Waals surface area contributed by atoms with Crippen molar-refractivity contribution in [1.82, 2.24) is 9.78 Å². The summed E-state index contributed by atoms with van der Waals surface area (Å²) in [6.45, 7) is 9.58. The Hall–Kier alpha value is -1.77. The van der Waals surface area contributed by atoms with Gasteiger partial charge in [0.05, 0.1) is 6.61 Å². The molecule has 2 atom stereocenters. The Balaban J connectivity index is 1.67. The monoisotopic (exact) mass is 314 g/mol. The molecule has 0 aliphatic heterocycles. The minimum absolute atomic E-state index is 0.378. The van der Waals surface area contributed by atoms with E-state index < -0.39 is 0 Å². The lowest BCUT2D eigenvalue weighted by Crippen LogP contribution is -2.11. The van der Waals surface area contributed by atoms with Crippen molar-refractivity contribution in [3.8, 4) is 5.88 Å². The number of aromatic nitrogens is 2. The lowest BCUT2D eigenvalue weighted by molar-refractivity contribution is 0.233. The maximum atomic E-state index is 5.82. The van der Waals surface area contributed by atoms with Gasteiger partial charge in [0.1, 0.15) is 0 Å². The van der Waals surface area contributed by atoms with Crippen LogP contribution in [0.5, 0.6) is 5.88 Å². The van der Waals surface area contributed by atoms with Crippen molar-refractivity contribution in [2.75, 3.05) is 6.61 Å². The fourth-order valence-corrected chi connectivity index (χ4v) is 2.68. The molecular formula is C20H30N2O. The first-order chi connectivity index (χ1) is 11.0. The highest BCUT2D eigenvalue weighted by Crippen LogP contribution is 2.18. The third kappa shape index (κ3) is 6.09.